The number of hydrogen-bond donors (Lipinski definition) is 5. The smallest absolute Gasteiger partial charge is 0.202 e. The molecule has 0 fully saturated rings. The van der Waals surface area contributed by atoms with Crippen molar-refractivity contribution in [3.05, 3.63) is 80.9 Å². The van der Waals surface area contributed by atoms with Crippen molar-refractivity contribution in [3.8, 4) is 57.1 Å². The summed E-state index contributed by atoms with van der Waals surface area (Å²) in [6, 6.07) is 6.53. The third-order valence-electron chi connectivity index (χ3n) is 7.54. The maximum absolute atomic E-state index is 13.9. The number of hydrogen-bond acceptors (Lipinski definition) is 12. The van der Waals surface area contributed by atoms with Crippen molar-refractivity contribution < 1.29 is 58.9 Å². The monoisotopic (exact) mass is 584 g/mol. The van der Waals surface area contributed by atoms with E-state index in [2.05, 4.69) is 0 Å². The zero-order chi connectivity index (χ0) is 31.1. The molecule has 0 unspecified atom stereocenters. The number of benzene rings is 4. The molecule has 0 aliphatic heterocycles. The molecule has 216 valence electrons. The average Bonchev–Trinajstić information content (AvgIpc) is 2.97. The number of fused-ring (bicyclic) bond motifs is 4. The zero-order valence-electron chi connectivity index (χ0n) is 22.6. The molecule has 0 aromatic heterocycles. The molecule has 4 aromatic carbocycles. The Morgan fingerprint density at radius 2 is 0.884 bits per heavy atom. The van der Waals surface area contributed by atoms with Gasteiger partial charge in [0.25, 0.3) is 0 Å². The van der Waals surface area contributed by atoms with Gasteiger partial charge in [-0.25, -0.2) is 0 Å². The lowest BCUT2D eigenvalue weighted by molar-refractivity contribution is 0.0973. The van der Waals surface area contributed by atoms with E-state index in [1.165, 1.54) is 26.4 Å². The normalized spacial score (nSPS) is 13.2. The van der Waals surface area contributed by atoms with Gasteiger partial charge in [0.15, 0.2) is 11.6 Å². The average molecular weight is 584 g/mol. The number of aromatic hydroxyl groups is 5. The molecule has 43 heavy (non-hydrogen) atoms. The van der Waals surface area contributed by atoms with E-state index >= 15 is 0 Å². The highest BCUT2D eigenvalue weighted by molar-refractivity contribution is 6.34. The van der Waals surface area contributed by atoms with Crippen LogP contribution in [0, 0.1) is 0 Å². The number of carbonyl (C=O) groups excluding carboxylic acids is 4. The Hall–Kier alpha value is -6.04. The number of phenolic OH excluding ortho intramolecular Hbond substituents is 5. The van der Waals surface area contributed by atoms with Gasteiger partial charge >= 0.3 is 0 Å². The van der Waals surface area contributed by atoms with Crippen LogP contribution in [0.3, 0.4) is 0 Å². The number of phenols is 5. The van der Waals surface area contributed by atoms with Crippen LogP contribution in [0.5, 0.6) is 46.0 Å². The van der Waals surface area contributed by atoms with Gasteiger partial charge in [-0.15, -0.1) is 0 Å². The number of rotatable bonds is 4. The molecular weight excluding hydrogens is 564 g/mol. The lowest BCUT2D eigenvalue weighted by Crippen LogP contribution is -2.23. The summed E-state index contributed by atoms with van der Waals surface area (Å²) in [5.41, 5.74) is -4.34. The van der Waals surface area contributed by atoms with E-state index in [1.807, 2.05) is 0 Å². The molecule has 0 heterocycles. The van der Waals surface area contributed by atoms with Crippen molar-refractivity contribution in [2.24, 2.45) is 0 Å². The number of ketones is 4. The van der Waals surface area contributed by atoms with Crippen LogP contribution < -0.4 is 14.2 Å². The Morgan fingerprint density at radius 3 is 1.42 bits per heavy atom. The largest absolute Gasteiger partial charge is 0.507 e. The molecule has 6 rings (SSSR count). The molecule has 0 saturated carbocycles. The third kappa shape index (κ3) is 3.56. The summed E-state index contributed by atoms with van der Waals surface area (Å²) in [6.07, 6.45) is 0. The Bertz CT molecular complexity index is 2000. The van der Waals surface area contributed by atoms with E-state index in [-0.39, 0.29) is 33.9 Å². The van der Waals surface area contributed by atoms with Gasteiger partial charge in [-0.05, 0) is 18.2 Å². The molecule has 0 atom stereocenters. The maximum Gasteiger partial charge on any atom is 0.202 e. The topological polar surface area (TPSA) is 197 Å². The van der Waals surface area contributed by atoms with Crippen molar-refractivity contribution in [3.63, 3.8) is 0 Å². The van der Waals surface area contributed by atoms with Gasteiger partial charge in [0.05, 0.1) is 49.1 Å². The van der Waals surface area contributed by atoms with E-state index in [0.29, 0.717) is 0 Å². The Labute approximate surface area is 241 Å². The molecule has 12 nitrogen and oxygen atoms in total. The summed E-state index contributed by atoms with van der Waals surface area (Å²) in [7, 11) is 3.74. The fourth-order valence-electron chi connectivity index (χ4n) is 5.62. The summed E-state index contributed by atoms with van der Waals surface area (Å²) in [5, 5.41) is 54.4. The van der Waals surface area contributed by atoms with Gasteiger partial charge < -0.3 is 39.7 Å². The van der Waals surface area contributed by atoms with Crippen molar-refractivity contribution in [2.45, 2.75) is 0 Å². The quantitative estimate of drug-likeness (QED) is 0.203. The molecule has 12 heteroatoms. The molecule has 0 saturated heterocycles. The maximum atomic E-state index is 13.9. The molecule has 2 aliphatic rings. The van der Waals surface area contributed by atoms with Crippen LogP contribution in [0.1, 0.15) is 63.7 Å². The molecule has 0 bridgehead atoms. The zero-order valence-corrected chi connectivity index (χ0v) is 22.6. The van der Waals surface area contributed by atoms with Gasteiger partial charge in [-0.3, -0.25) is 19.2 Å². The fraction of sp³-hybridized carbons (Fsp3) is 0.0968. The molecule has 5 N–H and O–H groups in total. The fourth-order valence-corrected chi connectivity index (χ4v) is 5.62. The molecule has 0 amide bonds. The number of ether oxygens (including phenoxy) is 3. The molecule has 4 aromatic rings. The van der Waals surface area contributed by atoms with Gasteiger partial charge in [-0.2, -0.15) is 0 Å². The highest BCUT2D eigenvalue weighted by atomic mass is 16.5. The second kappa shape index (κ2) is 9.24. The number of methoxy groups -OCH3 is 3. The van der Waals surface area contributed by atoms with E-state index in [1.54, 1.807) is 0 Å². The molecule has 0 spiro atoms. The SMILES string of the molecule is COc1cc(O)c2c(c1)C(=O)c1cc(OC)c(-c3c(O)cc(O)c4c3C(=O)c3cc(OC)cc(O)c3C4=O)c(O)c1C2=O. The van der Waals surface area contributed by atoms with Gasteiger partial charge in [0.1, 0.15) is 46.0 Å². The minimum absolute atomic E-state index is 0.0280. The predicted octanol–water partition coefficient (Wildman–Crippen LogP) is 3.46. The van der Waals surface area contributed by atoms with E-state index < -0.39 is 90.8 Å². The second-order valence-electron chi connectivity index (χ2n) is 9.72. The summed E-state index contributed by atoms with van der Waals surface area (Å²) in [4.78, 5) is 54.7. The highest BCUT2D eigenvalue weighted by Gasteiger charge is 2.42. The van der Waals surface area contributed by atoms with Crippen LogP contribution >= 0.6 is 0 Å². The van der Waals surface area contributed by atoms with Crippen LogP contribution in [0.4, 0.5) is 0 Å². The third-order valence-corrected chi connectivity index (χ3v) is 7.54. The van der Waals surface area contributed by atoms with E-state index in [9.17, 15) is 44.7 Å². The number of carbonyl (C=O) groups is 4. The van der Waals surface area contributed by atoms with Crippen molar-refractivity contribution in [2.75, 3.05) is 21.3 Å². The minimum Gasteiger partial charge on any atom is -0.507 e. The Kier molecular flexibility index (Phi) is 5.83. The van der Waals surface area contributed by atoms with Crippen LogP contribution in [0.15, 0.2) is 36.4 Å². The first-order valence-electron chi connectivity index (χ1n) is 12.5. The van der Waals surface area contributed by atoms with Crippen molar-refractivity contribution in [1.29, 1.82) is 0 Å². The lowest BCUT2D eigenvalue weighted by atomic mass is 9.77. The summed E-state index contributed by atoms with van der Waals surface area (Å²) in [5.74, 6) is -7.48. The molecule has 0 radical (unpaired) electrons. The first-order valence-corrected chi connectivity index (χ1v) is 12.5. The van der Waals surface area contributed by atoms with Crippen molar-refractivity contribution >= 4 is 23.1 Å². The first kappa shape index (κ1) is 27.1. The van der Waals surface area contributed by atoms with Crippen LogP contribution in [-0.2, 0) is 0 Å². The van der Waals surface area contributed by atoms with Crippen LogP contribution in [0.2, 0.25) is 0 Å². The van der Waals surface area contributed by atoms with Gasteiger partial charge in [0.2, 0.25) is 11.6 Å². The van der Waals surface area contributed by atoms with Crippen molar-refractivity contribution in [1.82, 2.24) is 0 Å². The summed E-state index contributed by atoms with van der Waals surface area (Å²) in [6.45, 7) is 0. The highest BCUT2D eigenvalue weighted by Crippen LogP contribution is 2.53. The Balaban J connectivity index is 1.68. The Morgan fingerprint density at radius 1 is 0.419 bits per heavy atom. The van der Waals surface area contributed by atoms with Crippen LogP contribution in [-0.4, -0.2) is 70.0 Å². The summed E-state index contributed by atoms with van der Waals surface area (Å²) < 4.78 is 15.6. The first-order chi connectivity index (χ1) is 20.4. The van der Waals surface area contributed by atoms with Gasteiger partial charge in [0, 0.05) is 46.0 Å². The standard InChI is InChI=1S/C31H20O12/c1-41-10-4-12-20(15(32)6-10)29(38)22-14(27(12)36)8-19(43-3)25(31(22)40)23-17(34)9-18(35)24-26(23)28(37)13-5-11(42-2)7-16(33)21(13)30(24)39/h4-9,32-35,40H,1-3H3. The van der Waals surface area contributed by atoms with E-state index in [4.69, 9.17) is 14.2 Å². The van der Waals surface area contributed by atoms with Crippen LogP contribution in [0.25, 0.3) is 11.1 Å². The predicted molar refractivity (Wildman–Crippen MR) is 146 cm³/mol. The van der Waals surface area contributed by atoms with E-state index in [0.717, 1.165) is 31.4 Å². The molecular formula is C31H20O12. The van der Waals surface area contributed by atoms with Gasteiger partial charge in [-0.1, -0.05) is 0 Å². The molecule has 2 aliphatic carbocycles. The summed E-state index contributed by atoms with van der Waals surface area (Å²) >= 11 is 0. The second-order valence-corrected chi connectivity index (χ2v) is 9.72. The minimum atomic E-state index is -0.973. The lowest BCUT2D eigenvalue weighted by Gasteiger charge is -2.26.